The highest BCUT2D eigenvalue weighted by atomic mass is 16.3. The molecule has 53 heavy (non-hydrogen) atoms. The Morgan fingerprint density at radius 1 is 0.358 bits per heavy atom. The highest BCUT2D eigenvalue weighted by molar-refractivity contribution is 6.14. The van der Waals surface area contributed by atoms with Gasteiger partial charge in [0.15, 0.2) is 0 Å². The van der Waals surface area contributed by atoms with Gasteiger partial charge in [0.25, 0.3) is 0 Å². The van der Waals surface area contributed by atoms with Gasteiger partial charge in [0.1, 0.15) is 11.2 Å². The molecule has 0 fully saturated rings. The van der Waals surface area contributed by atoms with E-state index in [9.17, 15) is 0 Å². The summed E-state index contributed by atoms with van der Waals surface area (Å²) in [5.74, 6) is 0. The van der Waals surface area contributed by atoms with E-state index in [-0.39, 0.29) is 5.41 Å². The number of hydrogen-bond acceptors (Lipinski definition) is 2. The molecule has 246 valence electrons. The number of furan rings is 1. The molecule has 2 aliphatic carbocycles. The first-order chi connectivity index (χ1) is 26.3. The van der Waals surface area contributed by atoms with Crippen LogP contribution in [0.15, 0.2) is 192 Å². The number of para-hydroxylation sites is 1. The normalized spacial score (nSPS) is 13.4. The van der Waals surface area contributed by atoms with E-state index in [2.05, 4.69) is 181 Å². The van der Waals surface area contributed by atoms with E-state index in [0.717, 1.165) is 44.4 Å². The number of hydrogen-bond donors (Lipinski definition) is 0. The number of benzene rings is 9. The molecular weight excluding hydrogens is 643 g/mol. The predicted molar refractivity (Wildman–Crippen MR) is 220 cm³/mol. The van der Waals surface area contributed by atoms with Gasteiger partial charge in [0, 0.05) is 27.5 Å². The SMILES string of the molecule is c1ccc(-c2ccc(N(c3cccc(-c4ccc5c(c4)oc4ccccc45)c3)c3ccc4c5c(cccc35)C43c4cccc5cccc3c45)cc2)cc1. The zero-order valence-corrected chi connectivity index (χ0v) is 28.8. The maximum absolute atomic E-state index is 6.30. The fraction of sp³-hybridized carbons (Fsp3) is 0.0196. The van der Waals surface area contributed by atoms with Crippen molar-refractivity contribution in [2.75, 3.05) is 4.90 Å². The van der Waals surface area contributed by atoms with Gasteiger partial charge in [0.2, 0.25) is 0 Å². The topological polar surface area (TPSA) is 16.4 Å². The van der Waals surface area contributed by atoms with Crippen LogP contribution < -0.4 is 4.90 Å². The summed E-state index contributed by atoms with van der Waals surface area (Å²) in [6.45, 7) is 0. The van der Waals surface area contributed by atoms with Crippen LogP contribution in [0, 0.1) is 0 Å². The quantitative estimate of drug-likeness (QED) is 0.181. The van der Waals surface area contributed by atoms with Gasteiger partial charge in [-0.3, -0.25) is 0 Å². The Morgan fingerprint density at radius 2 is 0.962 bits per heavy atom. The van der Waals surface area contributed by atoms with Gasteiger partial charge in [-0.2, -0.15) is 0 Å². The van der Waals surface area contributed by atoms with Crippen molar-refractivity contribution in [2.24, 2.45) is 0 Å². The molecule has 2 nitrogen and oxygen atoms in total. The van der Waals surface area contributed by atoms with Crippen molar-refractivity contribution in [2.45, 2.75) is 5.41 Å². The molecule has 9 aromatic carbocycles. The Morgan fingerprint density at radius 3 is 1.79 bits per heavy atom. The lowest BCUT2D eigenvalue weighted by atomic mass is 9.49. The molecule has 0 radical (unpaired) electrons. The molecule has 2 heteroatoms. The second-order valence-electron chi connectivity index (χ2n) is 14.4. The third-order valence-corrected chi connectivity index (χ3v) is 11.8. The first-order valence-electron chi connectivity index (χ1n) is 18.3. The monoisotopic (exact) mass is 673 g/mol. The molecule has 0 amide bonds. The minimum absolute atomic E-state index is 0.152. The molecule has 0 atom stereocenters. The Kier molecular flexibility index (Phi) is 5.73. The average molecular weight is 674 g/mol. The van der Waals surface area contributed by atoms with Crippen LogP contribution in [0.1, 0.15) is 22.3 Å². The van der Waals surface area contributed by atoms with Crippen LogP contribution in [-0.4, -0.2) is 0 Å². The van der Waals surface area contributed by atoms with Crippen LogP contribution in [0.2, 0.25) is 0 Å². The van der Waals surface area contributed by atoms with Crippen molar-refractivity contribution in [1.82, 2.24) is 0 Å². The summed E-state index contributed by atoms with van der Waals surface area (Å²) >= 11 is 0. The zero-order chi connectivity index (χ0) is 34.7. The fourth-order valence-electron chi connectivity index (χ4n) is 9.51. The summed E-state index contributed by atoms with van der Waals surface area (Å²) in [7, 11) is 0. The van der Waals surface area contributed by atoms with Gasteiger partial charge in [0.05, 0.1) is 11.1 Å². The molecule has 0 N–H and O–H groups in total. The molecule has 10 aromatic rings. The summed E-state index contributed by atoms with van der Waals surface area (Å²) in [6, 6.07) is 68.6. The molecule has 0 saturated heterocycles. The lowest BCUT2D eigenvalue weighted by Crippen LogP contribution is -2.43. The van der Waals surface area contributed by atoms with E-state index in [0.29, 0.717) is 0 Å². The summed E-state index contributed by atoms with van der Waals surface area (Å²) < 4.78 is 6.30. The van der Waals surface area contributed by atoms with E-state index in [4.69, 9.17) is 4.42 Å². The van der Waals surface area contributed by atoms with Crippen molar-refractivity contribution in [3.8, 4) is 22.3 Å². The van der Waals surface area contributed by atoms with Crippen LogP contribution in [0.3, 0.4) is 0 Å². The lowest BCUT2D eigenvalue weighted by molar-refractivity contribution is 0.669. The first kappa shape index (κ1) is 28.8. The van der Waals surface area contributed by atoms with Gasteiger partial charge in [-0.1, -0.05) is 140 Å². The van der Waals surface area contributed by atoms with E-state index in [1.54, 1.807) is 0 Å². The van der Waals surface area contributed by atoms with Gasteiger partial charge in [-0.05, 0) is 109 Å². The Bertz CT molecular complexity index is 3070. The van der Waals surface area contributed by atoms with Crippen molar-refractivity contribution >= 4 is 60.5 Å². The number of rotatable bonds is 5. The van der Waals surface area contributed by atoms with Crippen molar-refractivity contribution in [3.63, 3.8) is 0 Å². The molecule has 0 aliphatic heterocycles. The van der Waals surface area contributed by atoms with Crippen molar-refractivity contribution < 1.29 is 4.42 Å². The highest BCUT2D eigenvalue weighted by Crippen LogP contribution is 2.65. The van der Waals surface area contributed by atoms with Crippen LogP contribution in [0.4, 0.5) is 17.1 Å². The minimum Gasteiger partial charge on any atom is -0.456 e. The van der Waals surface area contributed by atoms with E-state index < -0.39 is 0 Å². The summed E-state index contributed by atoms with van der Waals surface area (Å²) in [4.78, 5) is 2.43. The third-order valence-electron chi connectivity index (χ3n) is 11.8. The molecule has 0 unspecified atom stereocenters. The van der Waals surface area contributed by atoms with Crippen LogP contribution in [0.25, 0.3) is 65.7 Å². The third kappa shape index (κ3) is 3.82. The number of fused-ring (bicyclic) bond motifs is 7. The largest absolute Gasteiger partial charge is 0.456 e. The number of anilines is 3. The fourth-order valence-corrected chi connectivity index (χ4v) is 9.51. The van der Waals surface area contributed by atoms with E-state index in [1.807, 2.05) is 12.1 Å². The Hall–Kier alpha value is -6.90. The van der Waals surface area contributed by atoms with Crippen LogP contribution in [0.5, 0.6) is 0 Å². The number of nitrogens with zero attached hydrogens (tertiary/aromatic N) is 1. The minimum atomic E-state index is -0.152. The smallest absolute Gasteiger partial charge is 0.136 e. The molecule has 12 rings (SSSR count). The maximum Gasteiger partial charge on any atom is 0.136 e. The van der Waals surface area contributed by atoms with Crippen LogP contribution in [-0.2, 0) is 5.41 Å². The van der Waals surface area contributed by atoms with Gasteiger partial charge < -0.3 is 9.32 Å². The zero-order valence-electron chi connectivity index (χ0n) is 28.8. The second kappa shape index (κ2) is 10.6. The molecule has 0 bridgehead atoms. The summed E-state index contributed by atoms with van der Waals surface area (Å²) in [5, 5.41) is 7.66. The molecule has 1 spiro atoms. The van der Waals surface area contributed by atoms with E-state index in [1.165, 1.54) is 60.6 Å². The van der Waals surface area contributed by atoms with Gasteiger partial charge in [-0.15, -0.1) is 0 Å². The molecule has 0 saturated carbocycles. The molecular formula is C51H31NO. The van der Waals surface area contributed by atoms with Crippen LogP contribution >= 0.6 is 0 Å². The van der Waals surface area contributed by atoms with Crippen molar-refractivity contribution in [1.29, 1.82) is 0 Å². The predicted octanol–water partition coefficient (Wildman–Crippen LogP) is 13.7. The Balaban J connectivity index is 1.03. The Labute approximate surface area is 306 Å². The molecule has 2 aliphatic rings. The van der Waals surface area contributed by atoms with Gasteiger partial charge in [-0.25, -0.2) is 0 Å². The lowest BCUT2D eigenvalue weighted by Gasteiger charge is -2.52. The maximum atomic E-state index is 6.30. The highest BCUT2D eigenvalue weighted by Gasteiger charge is 2.54. The first-order valence-corrected chi connectivity index (χ1v) is 18.3. The van der Waals surface area contributed by atoms with Crippen molar-refractivity contribution in [3.05, 3.63) is 210 Å². The summed E-state index contributed by atoms with van der Waals surface area (Å²) in [6.07, 6.45) is 0. The standard InChI is InChI=1S/C51H31NO/c1-2-10-32(11-3-1)33-22-25-37(26-23-33)52(38-15-6-14-35(30-38)36-24-27-40-39-16-4-5-21-47(39)53-48(40)31-36)46-29-28-45-50-41(46)17-9-20-44(50)51(45)42-18-7-12-34-13-8-19-43(51)49(34)42/h1-31H. The average Bonchev–Trinajstić information content (AvgIpc) is 3.59. The molecule has 1 heterocycles. The summed E-state index contributed by atoms with van der Waals surface area (Å²) in [5.41, 5.74) is 15.4. The van der Waals surface area contributed by atoms with Gasteiger partial charge >= 0.3 is 0 Å². The molecule has 1 aromatic heterocycles. The van der Waals surface area contributed by atoms with E-state index >= 15 is 0 Å². The second-order valence-corrected chi connectivity index (χ2v) is 14.4.